The van der Waals surface area contributed by atoms with E-state index in [1.807, 2.05) is 4.90 Å². The Hall–Kier alpha value is -1.95. The first-order valence-electron chi connectivity index (χ1n) is 7.49. The number of aromatic amines is 1. The molecule has 1 saturated heterocycles. The monoisotopic (exact) mass is 317 g/mol. The van der Waals surface area contributed by atoms with Crippen LogP contribution in [0.5, 0.6) is 0 Å². The van der Waals surface area contributed by atoms with E-state index in [0.29, 0.717) is 27.2 Å². The van der Waals surface area contributed by atoms with Crippen LogP contribution < -0.4 is 5.56 Å². The van der Waals surface area contributed by atoms with Gasteiger partial charge in [-0.15, -0.1) is 0 Å². The van der Waals surface area contributed by atoms with Gasteiger partial charge in [-0.3, -0.25) is 14.2 Å². The first-order valence-corrected chi connectivity index (χ1v) is 7.90. The summed E-state index contributed by atoms with van der Waals surface area (Å²) in [5, 5.41) is 0.541. The summed E-state index contributed by atoms with van der Waals surface area (Å²) in [5.41, 5.74) is 1.06. The first kappa shape index (κ1) is 15.0. The summed E-state index contributed by atoms with van der Waals surface area (Å²) in [4.78, 5) is 29.7. The highest BCUT2D eigenvalue weighted by Crippen LogP contribution is 2.19. The van der Waals surface area contributed by atoms with E-state index < -0.39 is 0 Å². The van der Waals surface area contributed by atoms with Crippen LogP contribution in [0.4, 0.5) is 0 Å². The summed E-state index contributed by atoms with van der Waals surface area (Å²) in [6, 6.07) is 5.15. The molecule has 1 aliphatic heterocycles. The molecule has 116 valence electrons. The lowest BCUT2D eigenvalue weighted by atomic mass is 9.99. The number of benzene rings is 1. The van der Waals surface area contributed by atoms with Crippen molar-refractivity contribution in [2.45, 2.75) is 19.8 Å². The van der Waals surface area contributed by atoms with Gasteiger partial charge >= 0.3 is 0 Å². The molecule has 1 amide bonds. The van der Waals surface area contributed by atoms with E-state index in [0.717, 1.165) is 19.5 Å². The normalized spacial score (nSPS) is 18.6. The van der Waals surface area contributed by atoms with E-state index in [1.54, 1.807) is 25.2 Å². The molecule has 0 spiro atoms. The Morgan fingerprint density at radius 1 is 1.41 bits per heavy atom. The van der Waals surface area contributed by atoms with Gasteiger partial charge in [-0.05, 0) is 49.2 Å². The number of nitrogens with one attached hydrogen (secondary N) is 1. The zero-order chi connectivity index (χ0) is 15.9. The topological polar surface area (TPSA) is 58.1 Å². The average molecular weight is 317 g/mol. The highest BCUT2D eigenvalue weighted by Gasteiger charge is 2.22. The van der Waals surface area contributed by atoms with E-state index >= 15 is 0 Å². The van der Waals surface area contributed by atoms with Crippen LogP contribution in [0.1, 0.15) is 30.1 Å². The summed E-state index contributed by atoms with van der Waals surface area (Å²) in [5.74, 6) is 0.560. The second-order valence-corrected chi connectivity index (χ2v) is 6.44. The molecule has 1 aromatic heterocycles. The predicted molar refractivity (Wildman–Crippen MR) is 88.7 cm³/mol. The number of H-pyrrole nitrogens is 1. The minimum absolute atomic E-state index is 0.0217. The van der Waals surface area contributed by atoms with Gasteiger partial charge in [-0.25, -0.2) is 0 Å². The molecule has 1 fully saturated rings. The number of carbonyl (C=O) groups excluding carboxylic acids is 1. The molecule has 5 nitrogen and oxygen atoms in total. The summed E-state index contributed by atoms with van der Waals surface area (Å²) < 4.78 is 1.75. The van der Waals surface area contributed by atoms with Crippen molar-refractivity contribution in [3.63, 3.8) is 0 Å². The molecule has 2 aromatic rings. The third-order valence-corrected chi connectivity index (χ3v) is 4.67. The lowest BCUT2D eigenvalue weighted by Crippen LogP contribution is -2.39. The van der Waals surface area contributed by atoms with Crippen molar-refractivity contribution in [3.05, 3.63) is 38.9 Å². The zero-order valence-electron chi connectivity index (χ0n) is 12.8. The van der Waals surface area contributed by atoms with Crippen LogP contribution in [0, 0.1) is 10.7 Å². The van der Waals surface area contributed by atoms with Crippen molar-refractivity contribution in [1.29, 1.82) is 0 Å². The molecule has 1 aliphatic rings. The molecule has 0 radical (unpaired) electrons. The number of carbonyl (C=O) groups is 1. The van der Waals surface area contributed by atoms with Crippen LogP contribution >= 0.6 is 12.2 Å². The predicted octanol–water partition coefficient (Wildman–Crippen LogP) is 2.47. The number of likely N-dealkylation sites (tertiary alicyclic amines) is 1. The molecule has 0 saturated carbocycles. The second-order valence-electron chi connectivity index (χ2n) is 6.05. The van der Waals surface area contributed by atoms with Gasteiger partial charge in [0, 0.05) is 25.7 Å². The van der Waals surface area contributed by atoms with Crippen LogP contribution in [-0.4, -0.2) is 33.4 Å². The van der Waals surface area contributed by atoms with E-state index in [2.05, 4.69) is 11.9 Å². The van der Waals surface area contributed by atoms with Crippen molar-refractivity contribution in [3.8, 4) is 0 Å². The van der Waals surface area contributed by atoms with E-state index in [9.17, 15) is 9.59 Å². The van der Waals surface area contributed by atoms with Crippen LogP contribution in [0.2, 0.25) is 0 Å². The van der Waals surface area contributed by atoms with Gasteiger partial charge in [-0.2, -0.15) is 0 Å². The minimum Gasteiger partial charge on any atom is -0.338 e. The Morgan fingerprint density at radius 3 is 2.91 bits per heavy atom. The highest BCUT2D eigenvalue weighted by molar-refractivity contribution is 7.71. The quantitative estimate of drug-likeness (QED) is 0.822. The SMILES string of the molecule is C[C@H]1CCCN(C(=O)c2ccc3c(=O)n(C)c(=S)[nH]c3c2)C1. The Morgan fingerprint density at radius 2 is 2.18 bits per heavy atom. The molecule has 0 bridgehead atoms. The maximum Gasteiger partial charge on any atom is 0.261 e. The van der Waals surface area contributed by atoms with E-state index in [4.69, 9.17) is 12.2 Å². The molecular formula is C16H19N3O2S. The van der Waals surface area contributed by atoms with E-state index in [1.165, 1.54) is 11.0 Å². The molecule has 0 aliphatic carbocycles. The number of piperidine rings is 1. The number of fused-ring (bicyclic) bond motifs is 1. The third kappa shape index (κ3) is 2.59. The van der Waals surface area contributed by atoms with Crippen LogP contribution in [0.3, 0.4) is 0 Å². The molecule has 0 unspecified atom stereocenters. The number of rotatable bonds is 1. The molecule has 1 atom stereocenters. The number of nitrogens with zero attached hydrogens (tertiary/aromatic N) is 2. The fraction of sp³-hybridized carbons (Fsp3) is 0.438. The van der Waals surface area contributed by atoms with Crippen LogP contribution in [0.25, 0.3) is 10.9 Å². The average Bonchev–Trinajstić information content (AvgIpc) is 2.51. The first-order chi connectivity index (χ1) is 10.5. The van der Waals surface area contributed by atoms with Crippen molar-refractivity contribution in [2.24, 2.45) is 13.0 Å². The van der Waals surface area contributed by atoms with Gasteiger partial charge in [0.2, 0.25) is 0 Å². The summed E-state index contributed by atoms with van der Waals surface area (Å²) in [7, 11) is 1.63. The molecule has 1 aromatic carbocycles. The smallest absolute Gasteiger partial charge is 0.261 e. The van der Waals surface area contributed by atoms with Crippen LogP contribution in [-0.2, 0) is 7.05 Å². The Balaban J connectivity index is 2.02. The Kier molecular flexibility index (Phi) is 3.87. The maximum absolute atomic E-state index is 12.6. The Bertz CT molecular complexity index is 853. The summed E-state index contributed by atoms with van der Waals surface area (Å²) in [6.07, 6.45) is 2.22. The second kappa shape index (κ2) is 5.68. The van der Waals surface area contributed by atoms with Crippen molar-refractivity contribution < 1.29 is 4.79 Å². The maximum atomic E-state index is 12.6. The third-order valence-electron chi connectivity index (χ3n) is 4.29. The largest absolute Gasteiger partial charge is 0.338 e. The molecule has 2 heterocycles. The lowest BCUT2D eigenvalue weighted by molar-refractivity contribution is 0.0683. The van der Waals surface area contributed by atoms with Gasteiger partial charge in [0.1, 0.15) is 0 Å². The highest BCUT2D eigenvalue weighted by atomic mass is 32.1. The van der Waals surface area contributed by atoms with Gasteiger partial charge in [0.25, 0.3) is 11.5 Å². The van der Waals surface area contributed by atoms with Crippen molar-refractivity contribution >= 4 is 29.0 Å². The number of aromatic nitrogens is 2. The van der Waals surface area contributed by atoms with Gasteiger partial charge < -0.3 is 9.88 Å². The fourth-order valence-corrected chi connectivity index (χ4v) is 3.19. The van der Waals surface area contributed by atoms with Gasteiger partial charge in [0.05, 0.1) is 10.9 Å². The number of hydrogen-bond donors (Lipinski definition) is 1. The van der Waals surface area contributed by atoms with Crippen molar-refractivity contribution in [2.75, 3.05) is 13.1 Å². The number of hydrogen-bond acceptors (Lipinski definition) is 3. The van der Waals surface area contributed by atoms with Crippen molar-refractivity contribution in [1.82, 2.24) is 14.5 Å². The van der Waals surface area contributed by atoms with E-state index in [-0.39, 0.29) is 11.5 Å². The number of amides is 1. The van der Waals surface area contributed by atoms with Gasteiger partial charge in [0.15, 0.2) is 4.77 Å². The zero-order valence-corrected chi connectivity index (χ0v) is 13.6. The van der Waals surface area contributed by atoms with Crippen LogP contribution in [0.15, 0.2) is 23.0 Å². The summed E-state index contributed by atoms with van der Waals surface area (Å²) in [6.45, 7) is 3.76. The molecular weight excluding hydrogens is 298 g/mol. The Labute approximate surface area is 133 Å². The molecule has 3 rings (SSSR count). The summed E-state index contributed by atoms with van der Waals surface area (Å²) >= 11 is 5.13. The minimum atomic E-state index is -0.149. The van der Waals surface area contributed by atoms with Gasteiger partial charge in [-0.1, -0.05) is 6.92 Å². The molecule has 6 heteroatoms. The fourth-order valence-electron chi connectivity index (χ4n) is 3.00. The molecule has 22 heavy (non-hydrogen) atoms. The molecule has 1 N–H and O–H groups in total. The lowest BCUT2D eigenvalue weighted by Gasteiger charge is -2.31. The standard InChI is InChI=1S/C16H19N3O2S/c1-10-4-3-7-19(9-10)14(20)11-5-6-12-13(8-11)17-16(22)18(2)15(12)21/h5-6,8,10H,3-4,7,9H2,1-2H3,(H,17,22)/t10-/m0/s1.